The number of fused-ring (bicyclic) bond motifs is 1. The first kappa shape index (κ1) is 25.0. The minimum absolute atomic E-state index is 0.0731. The van der Waals surface area contributed by atoms with Crippen molar-refractivity contribution in [2.45, 2.75) is 50.7 Å². The molecule has 0 aliphatic carbocycles. The van der Waals surface area contributed by atoms with Crippen LogP contribution in [0.4, 0.5) is 5.69 Å². The number of aryl methyl sites for hydroxylation is 1. The fraction of sp³-hybridized carbons (Fsp3) is 0.367. The number of benzene rings is 2. The molecule has 3 aromatic rings. The SMILES string of the molecule is COc1cc2c(cc1CNC1CCCN(C(=O)Cc3ccccn3)C1c1ccccc1)N(C)C(=O)CC2. The van der Waals surface area contributed by atoms with Crippen LogP contribution in [0.5, 0.6) is 5.75 Å². The normalized spacial score (nSPS) is 19.5. The number of methoxy groups -OCH3 is 1. The molecule has 1 N–H and O–H groups in total. The van der Waals surface area contributed by atoms with E-state index in [1.165, 1.54) is 0 Å². The monoisotopic (exact) mass is 498 g/mol. The van der Waals surface area contributed by atoms with Gasteiger partial charge in [0.2, 0.25) is 11.8 Å². The molecule has 2 aromatic carbocycles. The molecule has 0 saturated carbocycles. The molecule has 5 rings (SSSR count). The van der Waals surface area contributed by atoms with Gasteiger partial charge in [-0.1, -0.05) is 36.4 Å². The number of nitrogens with one attached hydrogen (secondary N) is 1. The van der Waals surface area contributed by atoms with Gasteiger partial charge in [-0.2, -0.15) is 0 Å². The summed E-state index contributed by atoms with van der Waals surface area (Å²) in [6.07, 6.45) is 5.15. The Hall–Kier alpha value is -3.71. The van der Waals surface area contributed by atoms with Crippen LogP contribution in [-0.4, -0.2) is 48.4 Å². The second-order valence-electron chi connectivity index (χ2n) is 9.82. The third kappa shape index (κ3) is 5.37. The number of pyridine rings is 1. The number of nitrogens with zero attached hydrogens (tertiary/aromatic N) is 3. The van der Waals surface area contributed by atoms with E-state index in [1.54, 1.807) is 18.2 Å². The zero-order chi connectivity index (χ0) is 25.8. The number of hydrogen-bond donors (Lipinski definition) is 1. The van der Waals surface area contributed by atoms with Crippen molar-refractivity contribution in [1.82, 2.24) is 15.2 Å². The number of carbonyl (C=O) groups is 2. The van der Waals surface area contributed by atoms with Gasteiger partial charge in [0.15, 0.2) is 0 Å². The molecule has 7 nitrogen and oxygen atoms in total. The van der Waals surface area contributed by atoms with Crippen molar-refractivity contribution in [1.29, 1.82) is 0 Å². The van der Waals surface area contributed by atoms with Crippen LogP contribution >= 0.6 is 0 Å². The number of amides is 2. The van der Waals surface area contributed by atoms with Gasteiger partial charge < -0.3 is 19.9 Å². The van der Waals surface area contributed by atoms with Crippen molar-refractivity contribution in [3.63, 3.8) is 0 Å². The van der Waals surface area contributed by atoms with Crippen molar-refractivity contribution in [3.05, 3.63) is 89.2 Å². The van der Waals surface area contributed by atoms with Crippen molar-refractivity contribution in [3.8, 4) is 5.75 Å². The Kier molecular flexibility index (Phi) is 7.51. The van der Waals surface area contributed by atoms with E-state index in [1.807, 2.05) is 48.3 Å². The number of piperidine rings is 1. The maximum atomic E-state index is 13.5. The number of ether oxygens (including phenoxy) is 1. The van der Waals surface area contributed by atoms with E-state index in [4.69, 9.17) is 4.74 Å². The second kappa shape index (κ2) is 11.1. The van der Waals surface area contributed by atoms with E-state index in [-0.39, 0.29) is 30.3 Å². The molecule has 0 spiro atoms. The molecule has 7 heteroatoms. The average molecular weight is 499 g/mol. The summed E-state index contributed by atoms with van der Waals surface area (Å²) >= 11 is 0. The Morgan fingerprint density at radius 2 is 1.92 bits per heavy atom. The van der Waals surface area contributed by atoms with Gasteiger partial charge in [0.25, 0.3) is 0 Å². The molecule has 1 aromatic heterocycles. The largest absolute Gasteiger partial charge is 0.496 e. The van der Waals surface area contributed by atoms with Gasteiger partial charge >= 0.3 is 0 Å². The van der Waals surface area contributed by atoms with E-state index >= 15 is 0 Å². The second-order valence-corrected chi connectivity index (χ2v) is 9.82. The Bertz CT molecular complexity index is 1250. The van der Waals surface area contributed by atoms with Gasteiger partial charge in [-0.3, -0.25) is 14.6 Å². The van der Waals surface area contributed by atoms with E-state index in [0.29, 0.717) is 13.0 Å². The lowest BCUT2D eigenvalue weighted by molar-refractivity contribution is -0.135. The molecule has 192 valence electrons. The highest BCUT2D eigenvalue weighted by atomic mass is 16.5. The molecule has 3 heterocycles. The molecule has 2 aliphatic rings. The minimum atomic E-state index is -0.0842. The van der Waals surface area contributed by atoms with Crippen LogP contribution < -0.4 is 15.0 Å². The van der Waals surface area contributed by atoms with E-state index in [9.17, 15) is 9.59 Å². The molecule has 1 fully saturated rings. The number of carbonyl (C=O) groups excluding carboxylic acids is 2. The van der Waals surface area contributed by atoms with Crippen molar-refractivity contribution < 1.29 is 14.3 Å². The van der Waals surface area contributed by atoms with Gasteiger partial charge in [-0.25, -0.2) is 0 Å². The molecule has 2 aliphatic heterocycles. The Morgan fingerprint density at radius 3 is 2.68 bits per heavy atom. The Labute approximate surface area is 218 Å². The van der Waals surface area contributed by atoms with E-state index in [0.717, 1.165) is 59.6 Å². The molecule has 2 unspecified atom stereocenters. The van der Waals surface area contributed by atoms with E-state index < -0.39 is 0 Å². The smallest absolute Gasteiger partial charge is 0.229 e. The number of aromatic nitrogens is 1. The number of anilines is 1. The standard InChI is InChI=1S/C30H34N4O3/c1-33-26-17-23(27(37-2)18-22(26)13-14-28(33)35)20-32-25-12-8-16-34(30(25)21-9-4-3-5-10-21)29(36)19-24-11-6-7-15-31-24/h3-7,9-11,15,17-18,25,30,32H,8,12-14,16,19-20H2,1-2H3. The maximum Gasteiger partial charge on any atom is 0.229 e. The first-order chi connectivity index (χ1) is 18.0. The lowest BCUT2D eigenvalue weighted by Gasteiger charge is -2.42. The number of rotatable bonds is 7. The number of likely N-dealkylation sites (tertiary alicyclic amines) is 1. The quantitative estimate of drug-likeness (QED) is 0.532. The average Bonchev–Trinajstić information content (AvgIpc) is 2.94. The highest BCUT2D eigenvalue weighted by molar-refractivity contribution is 5.96. The highest BCUT2D eigenvalue weighted by Crippen LogP contribution is 2.35. The van der Waals surface area contributed by atoms with Crippen LogP contribution in [0.2, 0.25) is 0 Å². The van der Waals surface area contributed by atoms with Crippen LogP contribution in [0.15, 0.2) is 66.9 Å². The molecule has 2 amide bonds. The van der Waals surface area contributed by atoms with Crippen LogP contribution in [0, 0.1) is 0 Å². The van der Waals surface area contributed by atoms with Gasteiger partial charge in [-0.05, 0) is 54.7 Å². The van der Waals surface area contributed by atoms with Gasteiger partial charge in [0.05, 0.1) is 19.6 Å². The summed E-state index contributed by atoms with van der Waals surface area (Å²) in [4.78, 5) is 33.9. The van der Waals surface area contributed by atoms with Crippen LogP contribution in [-0.2, 0) is 29.0 Å². The molecule has 0 bridgehead atoms. The molecular formula is C30H34N4O3. The molecule has 0 radical (unpaired) electrons. The van der Waals surface area contributed by atoms with Crippen LogP contribution in [0.25, 0.3) is 0 Å². The summed E-state index contributed by atoms with van der Waals surface area (Å²) < 4.78 is 5.74. The molecule has 2 atom stereocenters. The topological polar surface area (TPSA) is 74.8 Å². The summed E-state index contributed by atoms with van der Waals surface area (Å²) in [5, 5.41) is 3.75. The highest BCUT2D eigenvalue weighted by Gasteiger charge is 2.35. The Morgan fingerprint density at radius 1 is 1.11 bits per heavy atom. The summed E-state index contributed by atoms with van der Waals surface area (Å²) in [6.45, 7) is 1.30. The summed E-state index contributed by atoms with van der Waals surface area (Å²) in [6, 6.07) is 20.1. The maximum absolute atomic E-state index is 13.5. The first-order valence-electron chi connectivity index (χ1n) is 13.0. The van der Waals surface area contributed by atoms with Gasteiger partial charge in [0.1, 0.15) is 5.75 Å². The summed E-state index contributed by atoms with van der Waals surface area (Å²) in [5.41, 5.74) is 4.99. The summed E-state index contributed by atoms with van der Waals surface area (Å²) in [5.74, 6) is 1.05. The van der Waals surface area contributed by atoms with Crippen LogP contribution in [0.3, 0.4) is 0 Å². The van der Waals surface area contributed by atoms with Crippen molar-refractivity contribution >= 4 is 17.5 Å². The number of hydrogen-bond acceptors (Lipinski definition) is 5. The zero-order valence-corrected chi connectivity index (χ0v) is 21.5. The Balaban J connectivity index is 1.40. The predicted octanol–water partition coefficient (Wildman–Crippen LogP) is 4.06. The first-order valence-corrected chi connectivity index (χ1v) is 13.0. The van der Waals surface area contributed by atoms with Crippen molar-refractivity contribution in [2.24, 2.45) is 0 Å². The zero-order valence-electron chi connectivity index (χ0n) is 21.5. The minimum Gasteiger partial charge on any atom is -0.496 e. The third-order valence-corrected chi connectivity index (χ3v) is 7.53. The summed E-state index contributed by atoms with van der Waals surface area (Å²) in [7, 11) is 3.52. The van der Waals surface area contributed by atoms with Crippen molar-refractivity contribution in [2.75, 3.05) is 25.6 Å². The lowest BCUT2D eigenvalue weighted by Crippen LogP contribution is -2.50. The van der Waals surface area contributed by atoms with Gasteiger partial charge in [-0.15, -0.1) is 0 Å². The van der Waals surface area contributed by atoms with Crippen LogP contribution in [0.1, 0.15) is 47.7 Å². The van der Waals surface area contributed by atoms with Gasteiger partial charge in [0, 0.05) is 55.7 Å². The molecule has 37 heavy (non-hydrogen) atoms. The fourth-order valence-electron chi connectivity index (χ4n) is 5.59. The predicted molar refractivity (Wildman–Crippen MR) is 143 cm³/mol. The molecular weight excluding hydrogens is 464 g/mol. The molecule has 1 saturated heterocycles. The fourth-order valence-corrected chi connectivity index (χ4v) is 5.59. The lowest BCUT2D eigenvalue weighted by atomic mass is 9.89. The third-order valence-electron chi connectivity index (χ3n) is 7.53. The van der Waals surface area contributed by atoms with E-state index in [2.05, 4.69) is 34.6 Å².